The van der Waals surface area contributed by atoms with E-state index in [2.05, 4.69) is 27.4 Å². The van der Waals surface area contributed by atoms with E-state index >= 15 is 0 Å². The van der Waals surface area contributed by atoms with E-state index in [1.54, 1.807) is 12.3 Å². The van der Waals surface area contributed by atoms with Crippen molar-refractivity contribution in [3.8, 4) is 0 Å². The van der Waals surface area contributed by atoms with Crippen molar-refractivity contribution in [2.45, 2.75) is 0 Å². The van der Waals surface area contributed by atoms with Gasteiger partial charge < -0.3 is 10.6 Å². The molecule has 3 N–H and O–H groups in total. The normalized spacial score (nSPS) is 9.87. The van der Waals surface area contributed by atoms with Gasteiger partial charge >= 0.3 is 6.03 Å². The summed E-state index contributed by atoms with van der Waals surface area (Å²) in [5.41, 5.74) is 1.58. The third kappa shape index (κ3) is 1.96. The summed E-state index contributed by atoms with van der Waals surface area (Å²) >= 11 is 0. The SMILES string of the molecule is C=CNC(=O)Nc1ccc2cn[nH]c2c1. The maximum Gasteiger partial charge on any atom is 0.323 e. The van der Waals surface area contributed by atoms with Crippen LogP contribution in [0.1, 0.15) is 0 Å². The van der Waals surface area contributed by atoms with Crippen LogP contribution >= 0.6 is 0 Å². The van der Waals surface area contributed by atoms with Crippen molar-refractivity contribution in [2.24, 2.45) is 0 Å². The summed E-state index contributed by atoms with van der Waals surface area (Å²) in [5.74, 6) is 0. The van der Waals surface area contributed by atoms with Crippen LogP contribution in [0, 0.1) is 0 Å². The van der Waals surface area contributed by atoms with E-state index in [0.29, 0.717) is 5.69 Å². The number of benzene rings is 1. The van der Waals surface area contributed by atoms with Gasteiger partial charge in [0, 0.05) is 11.1 Å². The van der Waals surface area contributed by atoms with Crippen molar-refractivity contribution < 1.29 is 4.79 Å². The van der Waals surface area contributed by atoms with Gasteiger partial charge in [-0.1, -0.05) is 6.58 Å². The van der Waals surface area contributed by atoms with Gasteiger partial charge in [-0.2, -0.15) is 5.10 Å². The number of amides is 2. The number of hydrogen-bond acceptors (Lipinski definition) is 2. The summed E-state index contributed by atoms with van der Waals surface area (Å²) in [7, 11) is 0. The number of fused-ring (bicyclic) bond motifs is 1. The van der Waals surface area contributed by atoms with Crippen LogP contribution in [0.15, 0.2) is 37.2 Å². The van der Waals surface area contributed by atoms with Gasteiger partial charge in [0.2, 0.25) is 0 Å². The second-order valence-electron chi connectivity index (χ2n) is 2.97. The molecular formula is C10H10N4O. The first-order valence-electron chi connectivity index (χ1n) is 4.41. The van der Waals surface area contributed by atoms with Gasteiger partial charge in [-0.05, 0) is 24.4 Å². The van der Waals surface area contributed by atoms with Crippen molar-refractivity contribution in [1.29, 1.82) is 0 Å². The van der Waals surface area contributed by atoms with Gasteiger partial charge in [0.05, 0.1) is 11.7 Å². The van der Waals surface area contributed by atoms with Gasteiger partial charge in [0.1, 0.15) is 0 Å². The lowest BCUT2D eigenvalue weighted by Crippen LogP contribution is -2.23. The highest BCUT2D eigenvalue weighted by Gasteiger charge is 2.01. The molecule has 0 saturated heterocycles. The molecule has 1 aromatic carbocycles. The molecule has 5 heteroatoms. The lowest BCUT2D eigenvalue weighted by molar-refractivity contribution is 0.255. The Morgan fingerprint density at radius 2 is 2.40 bits per heavy atom. The van der Waals surface area contributed by atoms with Gasteiger partial charge in [0.25, 0.3) is 0 Å². The fourth-order valence-corrected chi connectivity index (χ4v) is 1.27. The van der Waals surface area contributed by atoms with Crippen molar-refractivity contribution >= 4 is 22.6 Å². The predicted octanol–water partition coefficient (Wildman–Crippen LogP) is 1.83. The van der Waals surface area contributed by atoms with E-state index in [1.165, 1.54) is 6.20 Å². The molecule has 15 heavy (non-hydrogen) atoms. The zero-order valence-corrected chi connectivity index (χ0v) is 7.95. The monoisotopic (exact) mass is 202 g/mol. The number of aromatic amines is 1. The smallest absolute Gasteiger partial charge is 0.315 e. The second kappa shape index (κ2) is 3.83. The molecule has 0 aliphatic carbocycles. The van der Waals surface area contributed by atoms with Crippen LogP contribution in [0.2, 0.25) is 0 Å². The lowest BCUT2D eigenvalue weighted by atomic mass is 10.2. The quantitative estimate of drug-likeness (QED) is 0.695. The molecule has 0 fully saturated rings. The van der Waals surface area contributed by atoms with Crippen LogP contribution in [-0.4, -0.2) is 16.2 Å². The molecule has 0 bridgehead atoms. The fourth-order valence-electron chi connectivity index (χ4n) is 1.27. The molecule has 0 aliphatic heterocycles. The van der Waals surface area contributed by atoms with E-state index in [-0.39, 0.29) is 6.03 Å². The topological polar surface area (TPSA) is 69.8 Å². The number of carbonyl (C=O) groups is 1. The largest absolute Gasteiger partial charge is 0.323 e. The number of hydrogen-bond donors (Lipinski definition) is 3. The maximum absolute atomic E-state index is 11.2. The molecule has 2 amide bonds. The third-order valence-corrected chi connectivity index (χ3v) is 1.93. The van der Waals surface area contributed by atoms with E-state index in [1.807, 2.05) is 12.1 Å². The standard InChI is InChI=1S/C10H10N4O/c1-2-11-10(15)13-8-4-3-7-6-12-14-9(7)5-8/h2-6H,1H2,(H,12,14)(H2,11,13,15). The Bertz CT molecular complexity index is 503. The molecule has 1 heterocycles. The van der Waals surface area contributed by atoms with Crippen LogP contribution < -0.4 is 10.6 Å². The summed E-state index contributed by atoms with van der Waals surface area (Å²) in [6.07, 6.45) is 3.05. The van der Waals surface area contributed by atoms with Crippen LogP contribution in [0.3, 0.4) is 0 Å². The van der Waals surface area contributed by atoms with Crippen LogP contribution in [-0.2, 0) is 0 Å². The van der Waals surface area contributed by atoms with Gasteiger partial charge in [-0.25, -0.2) is 4.79 Å². The first kappa shape index (κ1) is 9.26. The zero-order chi connectivity index (χ0) is 10.7. The molecule has 5 nitrogen and oxygen atoms in total. The van der Waals surface area contributed by atoms with Crippen LogP contribution in [0.5, 0.6) is 0 Å². The molecule has 0 aliphatic rings. The molecule has 0 saturated carbocycles. The Kier molecular flexibility index (Phi) is 2.37. The van der Waals surface area contributed by atoms with Crippen LogP contribution in [0.4, 0.5) is 10.5 Å². The average Bonchev–Trinajstić information content (AvgIpc) is 2.65. The number of H-pyrrole nitrogens is 1. The van der Waals surface area contributed by atoms with E-state index < -0.39 is 0 Å². The highest BCUT2D eigenvalue weighted by atomic mass is 16.2. The first-order chi connectivity index (χ1) is 7.29. The number of carbonyl (C=O) groups excluding carboxylic acids is 1. The Balaban J connectivity index is 2.21. The minimum absolute atomic E-state index is 0.316. The number of aromatic nitrogens is 2. The fraction of sp³-hybridized carbons (Fsp3) is 0. The maximum atomic E-state index is 11.2. The average molecular weight is 202 g/mol. The van der Waals surface area contributed by atoms with Crippen LogP contribution in [0.25, 0.3) is 10.9 Å². The molecule has 2 rings (SSSR count). The van der Waals surface area contributed by atoms with Gasteiger partial charge in [0.15, 0.2) is 0 Å². The Labute approximate surface area is 86.2 Å². The summed E-state index contributed by atoms with van der Waals surface area (Å²) in [5, 5.41) is 12.8. The molecule has 0 spiro atoms. The van der Waals surface area contributed by atoms with Gasteiger partial charge in [-0.15, -0.1) is 0 Å². The minimum Gasteiger partial charge on any atom is -0.315 e. The predicted molar refractivity (Wildman–Crippen MR) is 58.4 cm³/mol. The van der Waals surface area contributed by atoms with Gasteiger partial charge in [-0.3, -0.25) is 5.10 Å². The number of anilines is 1. The van der Waals surface area contributed by atoms with E-state index in [9.17, 15) is 4.79 Å². The highest BCUT2D eigenvalue weighted by molar-refractivity contribution is 5.92. The number of nitrogens with zero attached hydrogens (tertiary/aromatic N) is 1. The summed E-state index contributed by atoms with van der Waals surface area (Å²) < 4.78 is 0. The number of rotatable bonds is 2. The minimum atomic E-state index is -0.316. The summed E-state index contributed by atoms with van der Waals surface area (Å²) in [6.45, 7) is 3.40. The Hall–Kier alpha value is -2.30. The number of urea groups is 1. The van der Waals surface area contributed by atoms with Crippen molar-refractivity contribution in [1.82, 2.24) is 15.5 Å². The van der Waals surface area contributed by atoms with Crippen molar-refractivity contribution in [3.05, 3.63) is 37.2 Å². The second-order valence-corrected chi connectivity index (χ2v) is 2.97. The molecule has 0 atom stereocenters. The lowest BCUT2D eigenvalue weighted by Gasteiger charge is -2.03. The highest BCUT2D eigenvalue weighted by Crippen LogP contribution is 2.16. The Morgan fingerprint density at radius 1 is 1.53 bits per heavy atom. The zero-order valence-electron chi connectivity index (χ0n) is 7.95. The molecular weight excluding hydrogens is 192 g/mol. The van der Waals surface area contributed by atoms with E-state index in [0.717, 1.165) is 10.9 Å². The third-order valence-electron chi connectivity index (χ3n) is 1.93. The first-order valence-corrected chi connectivity index (χ1v) is 4.41. The van der Waals surface area contributed by atoms with Crippen molar-refractivity contribution in [2.75, 3.05) is 5.32 Å². The molecule has 0 radical (unpaired) electrons. The summed E-state index contributed by atoms with van der Waals surface area (Å²) in [6, 6.07) is 5.18. The molecule has 0 unspecified atom stereocenters. The Morgan fingerprint density at radius 3 is 3.20 bits per heavy atom. The molecule has 76 valence electrons. The van der Waals surface area contributed by atoms with E-state index in [4.69, 9.17) is 0 Å². The molecule has 2 aromatic rings. The van der Waals surface area contributed by atoms with Crippen molar-refractivity contribution in [3.63, 3.8) is 0 Å². The molecule has 1 aromatic heterocycles. The number of nitrogens with one attached hydrogen (secondary N) is 3. The summed E-state index contributed by atoms with van der Waals surface area (Å²) in [4.78, 5) is 11.2.